The fourth-order valence-corrected chi connectivity index (χ4v) is 2.65. The molecule has 2 atom stereocenters. The van der Waals surface area contributed by atoms with Crippen molar-refractivity contribution in [1.29, 1.82) is 0 Å². The fourth-order valence-electron chi connectivity index (χ4n) is 2.65. The summed E-state index contributed by atoms with van der Waals surface area (Å²) >= 11 is 0. The molecule has 1 aromatic heterocycles. The Morgan fingerprint density at radius 1 is 1.26 bits per heavy atom. The minimum atomic E-state index is -1.11. The van der Waals surface area contributed by atoms with Crippen molar-refractivity contribution in [3.05, 3.63) is 28.8 Å². The Morgan fingerprint density at radius 3 is 2.44 bits per heavy atom. The van der Waals surface area contributed by atoms with Gasteiger partial charge >= 0.3 is 5.97 Å². The molecular weight excluding hydrogens is 354 g/mol. The van der Waals surface area contributed by atoms with Crippen LogP contribution in [0.2, 0.25) is 0 Å². The van der Waals surface area contributed by atoms with Gasteiger partial charge in [0.2, 0.25) is 5.91 Å². The lowest BCUT2D eigenvalue weighted by molar-refractivity contribution is -0.143. The molecule has 1 amide bonds. The molecule has 0 aliphatic heterocycles. The summed E-state index contributed by atoms with van der Waals surface area (Å²) in [6, 6.07) is 2.05. The van der Waals surface area contributed by atoms with Crippen LogP contribution in [0.15, 0.2) is 23.3 Å². The standard InChI is InChI=1S/C18H23N3O6/c1-5-10(2)16(18(24)25)20-15(22)8-21-9-19-12-7-14(27-4)13(26-3)6-11(12)17(21)23/h6-7,9-10,16H,5,8H2,1-4H3,(H,20,22)(H,24,25)/t10?,16-/m0/s1. The Hall–Kier alpha value is -3.10. The maximum absolute atomic E-state index is 12.7. The number of carbonyl (C=O) groups excluding carboxylic acids is 1. The Balaban J connectivity index is 2.31. The lowest BCUT2D eigenvalue weighted by atomic mass is 9.99. The van der Waals surface area contributed by atoms with Gasteiger partial charge in [0, 0.05) is 6.07 Å². The lowest BCUT2D eigenvalue weighted by Crippen LogP contribution is -2.46. The molecule has 0 spiro atoms. The summed E-state index contributed by atoms with van der Waals surface area (Å²) in [6.07, 6.45) is 1.84. The van der Waals surface area contributed by atoms with Crippen molar-refractivity contribution in [2.75, 3.05) is 14.2 Å². The maximum atomic E-state index is 12.7. The predicted octanol–water partition coefficient (Wildman–Crippen LogP) is 1.03. The van der Waals surface area contributed by atoms with Crippen LogP contribution >= 0.6 is 0 Å². The third-order valence-corrected chi connectivity index (χ3v) is 4.44. The molecule has 1 unspecified atom stereocenters. The van der Waals surface area contributed by atoms with Crippen LogP contribution in [0.1, 0.15) is 20.3 Å². The molecule has 0 aliphatic carbocycles. The number of fused-ring (bicyclic) bond motifs is 1. The van der Waals surface area contributed by atoms with E-state index in [1.807, 2.05) is 6.92 Å². The first-order valence-electron chi connectivity index (χ1n) is 8.45. The van der Waals surface area contributed by atoms with E-state index in [0.717, 1.165) is 4.57 Å². The zero-order chi connectivity index (χ0) is 20.1. The van der Waals surface area contributed by atoms with Gasteiger partial charge in [0.25, 0.3) is 5.56 Å². The van der Waals surface area contributed by atoms with Crippen LogP contribution in [0.4, 0.5) is 0 Å². The highest BCUT2D eigenvalue weighted by atomic mass is 16.5. The van der Waals surface area contributed by atoms with E-state index in [-0.39, 0.29) is 17.8 Å². The Kier molecular flexibility index (Phi) is 6.38. The maximum Gasteiger partial charge on any atom is 0.326 e. The van der Waals surface area contributed by atoms with Crippen LogP contribution in [0.3, 0.4) is 0 Å². The summed E-state index contributed by atoms with van der Waals surface area (Å²) in [5.74, 6) is -1.13. The molecule has 9 heteroatoms. The molecule has 2 aromatic rings. The van der Waals surface area contributed by atoms with Crippen molar-refractivity contribution in [2.24, 2.45) is 5.92 Å². The van der Waals surface area contributed by atoms with E-state index >= 15 is 0 Å². The van der Waals surface area contributed by atoms with E-state index in [0.29, 0.717) is 23.4 Å². The van der Waals surface area contributed by atoms with Gasteiger partial charge in [0.05, 0.1) is 31.4 Å². The normalized spacial score (nSPS) is 13.0. The van der Waals surface area contributed by atoms with Crippen LogP contribution < -0.4 is 20.3 Å². The van der Waals surface area contributed by atoms with Crippen LogP contribution in [0, 0.1) is 5.92 Å². The number of hydrogen-bond acceptors (Lipinski definition) is 6. The van der Waals surface area contributed by atoms with E-state index in [9.17, 15) is 19.5 Å². The molecule has 0 saturated heterocycles. The number of carboxylic acids is 1. The van der Waals surface area contributed by atoms with Gasteiger partial charge in [0.15, 0.2) is 11.5 Å². The number of aliphatic carboxylic acids is 1. The zero-order valence-corrected chi connectivity index (χ0v) is 15.7. The Morgan fingerprint density at radius 2 is 1.89 bits per heavy atom. The minimum Gasteiger partial charge on any atom is -0.493 e. The molecule has 27 heavy (non-hydrogen) atoms. The highest BCUT2D eigenvalue weighted by molar-refractivity contribution is 5.84. The number of rotatable bonds is 8. The molecule has 2 rings (SSSR count). The number of aromatic nitrogens is 2. The second kappa shape index (κ2) is 8.52. The molecule has 0 aliphatic rings. The van der Waals surface area contributed by atoms with Gasteiger partial charge in [0.1, 0.15) is 12.6 Å². The van der Waals surface area contributed by atoms with Gasteiger partial charge in [-0.15, -0.1) is 0 Å². The third-order valence-electron chi connectivity index (χ3n) is 4.44. The Labute approximate surface area is 155 Å². The first-order chi connectivity index (χ1) is 12.8. The van der Waals surface area contributed by atoms with Crippen molar-refractivity contribution >= 4 is 22.8 Å². The van der Waals surface area contributed by atoms with E-state index in [2.05, 4.69) is 10.3 Å². The van der Waals surface area contributed by atoms with Crippen molar-refractivity contribution in [1.82, 2.24) is 14.9 Å². The summed E-state index contributed by atoms with van der Waals surface area (Å²) < 4.78 is 11.5. The first-order valence-corrected chi connectivity index (χ1v) is 8.45. The number of amides is 1. The molecule has 146 valence electrons. The first kappa shape index (κ1) is 20.2. The second-order valence-electron chi connectivity index (χ2n) is 6.17. The third kappa shape index (κ3) is 4.36. The number of ether oxygens (including phenoxy) is 2. The molecule has 0 radical (unpaired) electrons. The molecule has 0 fully saturated rings. The second-order valence-corrected chi connectivity index (χ2v) is 6.17. The molecule has 2 N–H and O–H groups in total. The van der Waals surface area contributed by atoms with Crippen molar-refractivity contribution in [3.63, 3.8) is 0 Å². The number of carboxylic acid groups (broad SMARTS) is 1. The number of nitrogens with zero attached hydrogens (tertiary/aromatic N) is 2. The number of methoxy groups -OCH3 is 2. The smallest absolute Gasteiger partial charge is 0.326 e. The van der Waals surface area contributed by atoms with Gasteiger partial charge < -0.3 is 19.9 Å². The van der Waals surface area contributed by atoms with Crippen molar-refractivity contribution in [3.8, 4) is 11.5 Å². The predicted molar refractivity (Wildman–Crippen MR) is 98.1 cm³/mol. The molecule has 0 bridgehead atoms. The van der Waals surface area contributed by atoms with Crippen LogP contribution in [0.5, 0.6) is 11.5 Å². The molecular formula is C18H23N3O6. The van der Waals surface area contributed by atoms with E-state index in [1.54, 1.807) is 13.0 Å². The van der Waals surface area contributed by atoms with E-state index in [4.69, 9.17) is 9.47 Å². The SMILES string of the molecule is CCC(C)[C@H](NC(=O)Cn1cnc2cc(OC)c(OC)cc2c1=O)C(=O)O. The highest BCUT2D eigenvalue weighted by Crippen LogP contribution is 2.29. The average molecular weight is 377 g/mol. The monoisotopic (exact) mass is 377 g/mol. The largest absolute Gasteiger partial charge is 0.493 e. The quantitative estimate of drug-likeness (QED) is 0.705. The molecule has 9 nitrogen and oxygen atoms in total. The zero-order valence-electron chi connectivity index (χ0n) is 15.7. The summed E-state index contributed by atoms with van der Waals surface area (Å²) in [7, 11) is 2.93. The summed E-state index contributed by atoms with van der Waals surface area (Å²) in [4.78, 5) is 40.4. The summed E-state index contributed by atoms with van der Waals surface area (Å²) in [6.45, 7) is 3.24. The number of nitrogens with one attached hydrogen (secondary N) is 1. The molecule has 0 saturated carbocycles. The van der Waals surface area contributed by atoms with Gasteiger partial charge in [-0.2, -0.15) is 0 Å². The lowest BCUT2D eigenvalue weighted by Gasteiger charge is -2.20. The van der Waals surface area contributed by atoms with Gasteiger partial charge in [-0.25, -0.2) is 9.78 Å². The van der Waals surface area contributed by atoms with Crippen LogP contribution in [-0.4, -0.2) is 46.8 Å². The van der Waals surface area contributed by atoms with Crippen LogP contribution in [-0.2, 0) is 16.1 Å². The molecule has 1 aromatic carbocycles. The summed E-state index contributed by atoms with van der Waals surface area (Å²) in [5.41, 5.74) is -0.0381. The molecule has 1 heterocycles. The summed E-state index contributed by atoms with van der Waals surface area (Å²) in [5, 5.41) is 12.0. The number of hydrogen-bond donors (Lipinski definition) is 2. The van der Waals surface area contributed by atoms with Crippen LogP contribution in [0.25, 0.3) is 10.9 Å². The van der Waals surface area contributed by atoms with E-state index < -0.39 is 23.5 Å². The Bertz CT molecular complexity index is 908. The van der Waals surface area contributed by atoms with Gasteiger partial charge in [-0.05, 0) is 12.0 Å². The van der Waals surface area contributed by atoms with Crippen molar-refractivity contribution in [2.45, 2.75) is 32.9 Å². The van der Waals surface area contributed by atoms with Crippen molar-refractivity contribution < 1.29 is 24.2 Å². The number of carbonyl (C=O) groups is 2. The fraction of sp³-hybridized carbons (Fsp3) is 0.444. The van der Waals surface area contributed by atoms with Gasteiger partial charge in [-0.1, -0.05) is 20.3 Å². The average Bonchev–Trinajstić information content (AvgIpc) is 2.66. The van der Waals surface area contributed by atoms with E-state index in [1.165, 1.54) is 26.6 Å². The number of benzene rings is 1. The van der Waals surface area contributed by atoms with Gasteiger partial charge in [-0.3, -0.25) is 14.2 Å². The highest BCUT2D eigenvalue weighted by Gasteiger charge is 2.25. The minimum absolute atomic E-state index is 0.241. The topological polar surface area (TPSA) is 120 Å².